The van der Waals surface area contributed by atoms with Gasteiger partial charge in [-0.05, 0) is 12.3 Å². The third kappa shape index (κ3) is 1.61. The highest BCUT2D eigenvalue weighted by Crippen LogP contribution is 2.31. The molecule has 1 fully saturated rings. The molecule has 1 amide bonds. The van der Waals surface area contributed by atoms with Gasteiger partial charge in [-0.15, -0.1) is 0 Å². The molecule has 1 heterocycles. The molecule has 1 aliphatic rings. The van der Waals surface area contributed by atoms with Gasteiger partial charge in [-0.2, -0.15) is 0 Å². The summed E-state index contributed by atoms with van der Waals surface area (Å²) in [4.78, 5) is 11.2. The molecule has 0 radical (unpaired) electrons. The van der Waals surface area contributed by atoms with E-state index in [1.165, 1.54) is 0 Å². The van der Waals surface area contributed by atoms with Gasteiger partial charge in [-0.25, -0.2) is 0 Å². The van der Waals surface area contributed by atoms with Crippen LogP contribution in [0.1, 0.15) is 34.1 Å². The number of hydrogen-bond acceptors (Lipinski definition) is 2. The SMILES string of the molecule is CC1(O)CC(C(C)(C)C)NC1=O. The van der Waals surface area contributed by atoms with E-state index in [4.69, 9.17) is 0 Å². The van der Waals surface area contributed by atoms with Crippen molar-refractivity contribution in [3.8, 4) is 0 Å². The zero-order valence-electron chi connectivity index (χ0n) is 8.14. The molecule has 0 aliphatic carbocycles. The summed E-state index contributed by atoms with van der Waals surface area (Å²) in [7, 11) is 0. The first-order valence-electron chi connectivity index (χ1n) is 4.27. The Morgan fingerprint density at radius 3 is 2.25 bits per heavy atom. The van der Waals surface area contributed by atoms with E-state index in [-0.39, 0.29) is 17.4 Å². The normalized spacial score (nSPS) is 36.8. The maximum absolute atomic E-state index is 11.2. The standard InChI is InChI=1S/C9H17NO2/c1-8(2,3)6-5-9(4,12)7(11)10-6/h6,12H,5H2,1-4H3,(H,10,11). The van der Waals surface area contributed by atoms with E-state index in [0.717, 1.165) is 0 Å². The van der Waals surface area contributed by atoms with E-state index in [1.54, 1.807) is 6.92 Å². The molecule has 12 heavy (non-hydrogen) atoms. The fraction of sp³-hybridized carbons (Fsp3) is 0.889. The third-order valence-corrected chi connectivity index (χ3v) is 2.44. The van der Waals surface area contributed by atoms with Crippen LogP contribution in [0, 0.1) is 5.41 Å². The summed E-state index contributed by atoms with van der Waals surface area (Å²) >= 11 is 0. The lowest BCUT2D eigenvalue weighted by Crippen LogP contribution is -2.38. The number of hydrogen-bond donors (Lipinski definition) is 2. The Labute approximate surface area is 73.2 Å². The Morgan fingerprint density at radius 2 is 2.08 bits per heavy atom. The molecular weight excluding hydrogens is 154 g/mol. The molecule has 1 aliphatic heterocycles. The summed E-state index contributed by atoms with van der Waals surface area (Å²) in [5.74, 6) is -0.248. The van der Waals surface area contributed by atoms with Gasteiger partial charge in [0.05, 0.1) is 0 Å². The molecule has 3 nitrogen and oxygen atoms in total. The van der Waals surface area contributed by atoms with Crippen LogP contribution < -0.4 is 5.32 Å². The highest BCUT2D eigenvalue weighted by Gasteiger charge is 2.45. The molecule has 1 saturated heterocycles. The van der Waals surface area contributed by atoms with Crippen LogP contribution in [0.25, 0.3) is 0 Å². The molecule has 2 unspecified atom stereocenters. The van der Waals surface area contributed by atoms with E-state index in [2.05, 4.69) is 26.1 Å². The summed E-state index contributed by atoms with van der Waals surface area (Å²) in [6, 6.07) is 0.0833. The molecule has 1 rings (SSSR count). The Balaban J connectivity index is 2.74. The van der Waals surface area contributed by atoms with Gasteiger partial charge in [-0.3, -0.25) is 4.79 Å². The molecule has 0 aromatic rings. The predicted molar refractivity (Wildman–Crippen MR) is 46.6 cm³/mol. The van der Waals surface area contributed by atoms with Crippen LogP contribution in [0.15, 0.2) is 0 Å². The van der Waals surface area contributed by atoms with Gasteiger partial charge >= 0.3 is 0 Å². The van der Waals surface area contributed by atoms with E-state index >= 15 is 0 Å². The van der Waals surface area contributed by atoms with Crippen LogP contribution in [0.2, 0.25) is 0 Å². The second-order valence-electron chi connectivity index (χ2n) is 4.87. The lowest BCUT2D eigenvalue weighted by atomic mass is 9.84. The highest BCUT2D eigenvalue weighted by atomic mass is 16.3. The summed E-state index contributed by atoms with van der Waals surface area (Å²) < 4.78 is 0. The van der Waals surface area contributed by atoms with Crippen molar-refractivity contribution >= 4 is 5.91 Å². The molecule has 2 N–H and O–H groups in total. The van der Waals surface area contributed by atoms with Gasteiger partial charge in [0.15, 0.2) is 0 Å². The first-order chi connectivity index (χ1) is 5.23. The molecule has 0 bridgehead atoms. The number of amides is 1. The van der Waals surface area contributed by atoms with E-state index in [0.29, 0.717) is 6.42 Å². The van der Waals surface area contributed by atoms with Crippen molar-refractivity contribution in [2.24, 2.45) is 5.41 Å². The predicted octanol–water partition coefficient (Wildman–Crippen LogP) is 0.672. The van der Waals surface area contributed by atoms with Gasteiger partial charge < -0.3 is 10.4 Å². The second kappa shape index (κ2) is 2.46. The van der Waals surface area contributed by atoms with Crippen LogP contribution in [-0.2, 0) is 4.79 Å². The summed E-state index contributed by atoms with van der Waals surface area (Å²) in [5, 5.41) is 12.4. The minimum Gasteiger partial charge on any atom is -0.380 e. The van der Waals surface area contributed by atoms with Crippen molar-refractivity contribution in [2.75, 3.05) is 0 Å². The fourth-order valence-electron chi connectivity index (χ4n) is 1.38. The smallest absolute Gasteiger partial charge is 0.251 e. The monoisotopic (exact) mass is 171 g/mol. The lowest BCUT2D eigenvalue weighted by Gasteiger charge is -2.26. The average molecular weight is 171 g/mol. The van der Waals surface area contributed by atoms with Crippen molar-refractivity contribution in [3.05, 3.63) is 0 Å². The molecule has 0 saturated carbocycles. The van der Waals surface area contributed by atoms with Crippen molar-refractivity contribution < 1.29 is 9.90 Å². The molecule has 0 aromatic heterocycles. The zero-order valence-corrected chi connectivity index (χ0v) is 8.14. The van der Waals surface area contributed by atoms with E-state index in [1.807, 2.05) is 0 Å². The summed E-state index contributed by atoms with van der Waals surface area (Å²) in [5.41, 5.74) is -1.14. The number of aliphatic hydroxyl groups is 1. The number of carbonyl (C=O) groups is 1. The Kier molecular flexibility index (Phi) is 1.95. The maximum atomic E-state index is 11.2. The van der Waals surface area contributed by atoms with Crippen LogP contribution in [0.3, 0.4) is 0 Å². The number of rotatable bonds is 0. The van der Waals surface area contributed by atoms with Crippen LogP contribution in [0.5, 0.6) is 0 Å². The van der Waals surface area contributed by atoms with Gasteiger partial charge in [0.25, 0.3) is 5.91 Å². The van der Waals surface area contributed by atoms with Crippen molar-refractivity contribution in [2.45, 2.75) is 45.8 Å². The molecule has 0 spiro atoms. The van der Waals surface area contributed by atoms with Crippen LogP contribution >= 0.6 is 0 Å². The minimum atomic E-state index is -1.17. The van der Waals surface area contributed by atoms with E-state index < -0.39 is 5.60 Å². The highest BCUT2D eigenvalue weighted by molar-refractivity contribution is 5.87. The first-order valence-corrected chi connectivity index (χ1v) is 4.27. The minimum absolute atomic E-state index is 0.0240. The van der Waals surface area contributed by atoms with Crippen molar-refractivity contribution in [1.82, 2.24) is 5.32 Å². The van der Waals surface area contributed by atoms with Gasteiger partial charge in [0, 0.05) is 12.5 Å². The second-order valence-corrected chi connectivity index (χ2v) is 4.87. The number of carbonyl (C=O) groups excluding carboxylic acids is 1. The Morgan fingerprint density at radius 1 is 1.58 bits per heavy atom. The lowest BCUT2D eigenvalue weighted by molar-refractivity contribution is -0.133. The van der Waals surface area contributed by atoms with Gasteiger partial charge in [0.1, 0.15) is 5.60 Å². The molecule has 0 aromatic carbocycles. The Bertz CT molecular complexity index is 203. The quantitative estimate of drug-likeness (QED) is 0.563. The van der Waals surface area contributed by atoms with Gasteiger partial charge in [0.2, 0.25) is 0 Å². The average Bonchev–Trinajstić information content (AvgIpc) is 2.06. The molecule has 3 heteroatoms. The maximum Gasteiger partial charge on any atom is 0.251 e. The Hall–Kier alpha value is -0.570. The van der Waals surface area contributed by atoms with Crippen molar-refractivity contribution in [1.29, 1.82) is 0 Å². The zero-order chi connectivity index (χ0) is 9.57. The topological polar surface area (TPSA) is 49.3 Å². The molecule has 2 atom stereocenters. The molecule has 70 valence electrons. The van der Waals surface area contributed by atoms with Crippen LogP contribution in [-0.4, -0.2) is 22.7 Å². The van der Waals surface area contributed by atoms with Gasteiger partial charge in [-0.1, -0.05) is 20.8 Å². The summed E-state index contributed by atoms with van der Waals surface area (Å²) in [6.45, 7) is 7.73. The van der Waals surface area contributed by atoms with E-state index in [9.17, 15) is 9.90 Å². The summed E-state index contributed by atoms with van der Waals surface area (Å²) in [6.07, 6.45) is 0.509. The largest absolute Gasteiger partial charge is 0.380 e. The molecular formula is C9H17NO2. The number of nitrogens with one attached hydrogen (secondary N) is 1. The van der Waals surface area contributed by atoms with Crippen LogP contribution in [0.4, 0.5) is 0 Å². The fourth-order valence-corrected chi connectivity index (χ4v) is 1.38. The van der Waals surface area contributed by atoms with Crippen molar-refractivity contribution in [3.63, 3.8) is 0 Å². The third-order valence-electron chi connectivity index (χ3n) is 2.44. The first kappa shape index (κ1) is 9.52.